The molecule has 2 N–H and O–H groups in total. The summed E-state index contributed by atoms with van der Waals surface area (Å²) in [5, 5.41) is 2.53. The van der Waals surface area contributed by atoms with E-state index in [0.29, 0.717) is 0 Å². The van der Waals surface area contributed by atoms with Crippen LogP contribution >= 0.6 is 0 Å². The van der Waals surface area contributed by atoms with Crippen LogP contribution in [-0.4, -0.2) is 58.4 Å². The van der Waals surface area contributed by atoms with Gasteiger partial charge in [-0.2, -0.15) is 0 Å². The van der Waals surface area contributed by atoms with Gasteiger partial charge in [-0.1, -0.05) is 30.3 Å². The molecule has 0 spiro atoms. The molecule has 1 amide bonds. The number of anilines is 1. The maximum Gasteiger partial charge on any atom is 0.238 e. The SMILES string of the molecule is O=C(CN1CCCN(Cc2cnc(-c3ccccc3)[nH]2)CC1)Nc1ccc(F)cc1F. The molecule has 1 aromatic heterocycles. The second-order valence-corrected chi connectivity index (χ2v) is 7.70. The summed E-state index contributed by atoms with van der Waals surface area (Å²) in [5.74, 6) is -0.891. The van der Waals surface area contributed by atoms with Gasteiger partial charge in [0.2, 0.25) is 5.91 Å². The minimum Gasteiger partial charge on any atom is -0.341 e. The Morgan fingerprint density at radius 1 is 1.03 bits per heavy atom. The molecule has 162 valence electrons. The molecule has 1 aliphatic rings. The van der Waals surface area contributed by atoms with Crippen molar-refractivity contribution in [3.63, 3.8) is 0 Å². The molecule has 1 aliphatic heterocycles. The minimum atomic E-state index is -0.773. The molecule has 0 aliphatic carbocycles. The molecular weight excluding hydrogens is 400 g/mol. The molecule has 4 rings (SSSR count). The summed E-state index contributed by atoms with van der Waals surface area (Å²) >= 11 is 0. The number of amides is 1. The number of rotatable bonds is 6. The first kappa shape index (κ1) is 21.1. The Balaban J connectivity index is 1.27. The van der Waals surface area contributed by atoms with E-state index in [0.717, 1.165) is 68.4 Å². The van der Waals surface area contributed by atoms with Gasteiger partial charge in [-0.15, -0.1) is 0 Å². The molecule has 0 saturated carbocycles. The zero-order chi connectivity index (χ0) is 21.6. The Labute approximate surface area is 179 Å². The zero-order valence-electron chi connectivity index (χ0n) is 17.2. The third kappa shape index (κ3) is 5.74. The zero-order valence-corrected chi connectivity index (χ0v) is 17.2. The molecule has 8 heteroatoms. The lowest BCUT2D eigenvalue weighted by molar-refractivity contribution is -0.117. The molecule has 2 aromatic carbocycles. The van der Waals surface area contributed by atoms with E-state index in [9.17, 15) is 13.6 Å². The van der Waals surface area contributed by atoms with E-state index < -0.39 is 11.6 Å². The van der Waals surface area contributed by atoms with E-state index >= 15 is 0 Å². The van der Waals surface area contributed by atoms with Gasteiger partial charge in [-0.05, 0) is 31.6 Å². The fraction of sp³-hybridized carbons (Fsp3) is 0.304. The van der Waals surface area contributed by atoms with Gasteiger partial charge in [0, 0.05) is 43.2 Å². The van der Waals surface area contributed by atoms with Crippen molar-refractivity contribution in [2.45, 2.75) is 13.0 Å². The van der Waals surface area contributed by atoms with E-state index in [-0.39, 0.29) is 18.1 Å². The Morgan fingerprint density at radius 2 is 1.81 bits per heavy atom. The van der Waals surface area contributed by atoms with Crippen molar-refractivity contribution in [3.05, 3.63) is 72.1 Å². The van der Waals surface area contributed by atoms with Crippen molar-refractivity contribution in [1.82, 2.24) is 19.8 Å². The summed E-state index contributed by atoms with van der Waals surface area (Å²) in [4.78, 5) is 24.6. The lowest BCUT2D eigenvalue weighted by Crippen LogP contribution is -2.36. The molecule has 2 heterocycles. The van der Waals surface area contributed by atoms with E-state index in [2.05, 4.69) is 25.1 Å². The molecule has 6 nitrogen and oxygen atoms in total. The summed E-state index contributed by atoms with van der Waals surface area (Å²) in [6, 6.07) is 13.1. The molecule has 1 fully saturated rings. The molecule has 0 atom stereocenters. The largest absolute Gasteiger partial charge is 0.341 e. The molecule has 0 bridgehead atoms. The highest BCUT2D eigenvalue weighted by Crippen LogP contribution is 2.17. The molecule has 1 saturated heterocycles. The van der Waals surface area contributed by atoms with E-state index in [1.165, 1.54) is 6.07 Å². The van der Waals surface area contributed by atoms with Crippen LogP contribution in [0.5, 0.6) is 0 Å². The van der Waals surface area contributed by atoms with Crippen molar-refractivity contribution in [2.75, 3.05) is 38.0 Å². The Bertz CT molecular complexity index is 1020. The first-order chi connectivity index (χ1) is 15.1. The highest BCUT2D eigenvalue weighted by molar-refractivity contribution is 5.92. The van der Waals surface area contributed by atoms with Gasteiger partial charge >= 0.3 is 0 Å². The predicted molar refractivity (Wildman–Crippen MR) is 115 cm³/mol. The average molecular weight is 425 g/mol. The topological polar surface area (TPSA) is 64.3 Å². The highest BCUT2D eigenvalue weighted by Gasteiger charge is 2.18. The number of hydrogen-bond acceptors (Lipinski definition) is 4. The first-order valence-corrected chi connectivity index (χ1v) is 10.4. The fourth-order valence-corrected chi connectivity index (χ4v) is 3.75. The van der Waals surface area contributed by atoms with Crippen LogP contribution in [0.3, 0.4) is 0 Å². The van der Waals surface area contributed by atoms with Crippen molar-refractivity contribution >= 4 is 11.6 Å². The number of carbonyl (C=O) groups excluding carboxylic acids is 1. The van der Waals surface area contributed by atoms with Gasteiger partial charge in [0.05, 0.1) is 12.2 Å². The van der Waals surface area contributed by atoms with Crippen LogP contribution in [-0.2, 0) is 11.3 Å². The normalized spacial score (nSPS) is 15.5. The van der Waals surface area contributed by atoms with E-state index in [1.807, 2.05) is 36.5 Å². The molecule has 0 radical (unpaired) electrons. The fourth-order valence-electron chi connectivity index (χ4n) is 3.75. The smallest absolute Gasteiger partial charge is 0.238 e. The molecule has 31 heavy (non-hydrogen) atoms. The van der Waals surface area contributed by atoms with Gasteiger partial charge < -0.3 is 10.3 Å². The first-order valence-electron chi connectivity index (χ1n) is 10.4. The van der Waals surface area contributed by atoms with Gasteiger partial charge in [0.1, 0.15) is 17.5 Å². The van der Waals surface area contributed by atoms with Crippen LogP contribution in [0.4, 0.5) is 14.5 Å². The number of nitrogens with zero attached hydrogens (tertiary/aromatic N) is 3. The predicted octanol–water partition coefficient (Wildman–Crippen LogP) is 3.50. The highest BCUT2D eigenvalue weighted by atomic mass is 19.1. The van der Waals surface area contributed by atoms with Crippen LogP contribution < -0.4 is 5.32 Å². The van der Waals surface area contributed by atoms with Crippen molar-refractivity contribution in [2.24, 2.45) is 0 Å². The van der Waals surface area contributed by atoms with Gasteiger partial charge in [0.15, 0.2) is 0 Å². The lowest BCUT2D eigenvalue weighted by Gasteiger charge is -2.21. The third-order valence-electron chi connectivity index (χ3n) is 5.32. The lowest BCUT2D eigenvalue weighted by atomic mass is 10.2. The van der Waals surface area contributed by atoms with Gasteiger partial charge in [-0.3, -0.25) is 14.6 Å². The number of aromatic nitrogens is 2. The van der Waals surface area contributed by atoms with Crippen molar-refractivity contribution in [1.29, 1.82) is 0 Å². The monoisotopic (exact) mass is 425 g/mol. The number of nitrogens with one attached hydrogen (secondary N) is 2. The summed E-state index contributed by atoms with van der Waals surface area (Å²) in [6.07, 6.45) is 2.80. The van der Waals surface area contributed by atoms with E-state index in [1.54, 1.807) is 0 Å². The van der Waals surface area contributed by atoms with Crippen LogP contribution in [0.1, 0.15) is 12.1 Å². The Morgan fingerprint density at radius 3 is 2.61 bits per heavy atom. The van der Waals surface area contributed by atoms with Crippen molar-refractivity contribution < 1.29 is 13.6 Å². The molecule has 0 unspecified atom stereocenters. The number of H-pyrrole nitrogens is 1. The number of hydrogen-bond donors (Lipinski definition) is 2. The van der Waals surface area contributed by atoms with Gasteiger partial charge in [0.25, 0.3) is 0 Å². The number of carbonyl (C=O) groups is 1. The van der Waals surface area contributed by atoms with Crippen LogP contribution in [0.15, 0.2) is 54.7 Å². The Hall–Kier alpha value is -3.10. The maximum atomic E-state index is 13.7. The summed E-state index contributed by atoms with van der Waals surface area (Å²) < 4.78 is 26.8. The molecule has 3 aromatic rings. The number of halogens is 2. The number of imidazole rings is 1. The quantitative estimate of drug-likeness (QED) is 0.635. The van der Waals surface area contributed by atoms with Crippen LogP contribution in [0, 0.1) is 11.6 Å². The maximum absolute atomic E-state index is 13.7. The Kier molecular flexibility index (Phi) is 6.69. The standard InChI is InChI=1S/C23H25F2N5O/c24-18-7-8-21(20(25)13-18)28-22(31)16-30-10-4-9-29(11-12-30)15-19-14-26-23(27-19)17-5-2-1-3-6-17/h1-3,5-8,13-14H,4,9-12,15-16H2,(H,26,27)(H,28,31). The summed E-state index contributed by atoms with van der Waals surface area (Å²) in [5.41, 5.74) is 2.10. The van der Waals surface area contributed by atoms with E-state index in [4.69, 9.17) is 0 Å². The second-order valence-electron chi connectivity index (χ2n) is 7.70. The average Bonchev–Trinajstić information content (AvgIpc) is 3.12. The summed E-state index contributed by atoms with van der Waals surface area (Å²) in [7, 11) is 0. The molecular formula is C23H25F2N5O. The second kappa shape index (κ2) is 9.80. The minimum absolute atomic E-state index is 0.00341. The number of benzene rings is 2. The van der Waals surface area contributed by atoms with Crippen LogP contribution in [0.2, 0.25) is 0 Å². The van der Waals surface area contributed by atoms with Gasteiger partial charge in [-0.25, -0.2) is 13.8 Å². The third-order valence-corrected chi connectivity index (χ3v) is 5.32. The summed E-state index contributed by atoms with van der Waals surface area (Å²) in [6.45, 7) is 4.20. The number of aromatic amines is 1. The van der Waals surface area contributed by atoms with Crippen LogP contribution in [0.25, 0.3) is 11.4 Å². The van der Waals surface area contributed by atoms with Crippen molar-refractivity contribution in [3.8, 4) is 11.4 Å².